The van der Waals surface area contributed by atoms with E-state index in [-0.39, 0.29) is 5.91 Å². The first-order chi connectivity index (χ1) is 15.0. The van der Waals surface area contributed by atoms with Crippen molar-refractivity contribution in [3.05, 3.63) is 55.8 Å². The molecule has 2 aromatic rings. The van der Waals surface area contributed by atoms with Crippen molar-refractivity contribution in [3.8, 4) is 0 Å². The van der Waals surface area contributed by atoms with Gasteiger partial charge in [0.05, 0.1) is 0 Å². The van der Waals surface area contributed by atoms with Gasteiger partial charge in [-0.2, -0.15) is 0 Å². The molecule has 0 unspecified atom stereocenters. The van der Waals surface area contributed by atoms with Crippen molar-refractivity contribution in [1.29, 1.82) is 0 Å². The molecule has 0 atom stereocenters. The molecule has 0 fully saturated rings. The number of fused-ring (bicyclic) bond motifs is 1. The summed E-state index contributed by atoms with van der Waals surface area (Å²) in [6, 6.07) is 8.51. The van der Waals surface area contributed by atoms with Gasteiger partial charge in [0.25, 0.3) is 0 Å². The molecular formula is C25H42N4O2. The summed E-state index contributed by atoms with van der Waals surface area (Å²) in [5, 5.41) is 12.6. The van der Waals surface area contributed by atoms with Crippen LogP contribution in [0, 0.1) is 0 Å². The van der Waals surface area contributed by atoms with E-state index in [0.29, 0.717) is 6.42 Å². The number of unbranched alkanes of at least 4 members (excludes halogenated alkanes) is 3. The van der Waals surface area contributed by atoms with Crippen molar-refractivity contribution < 1.29 is 10.0 Å². The van der Waals surface area contributed by atoms with Crippen LogP contribution in [0.4, 0.5) is 5.69 Å². The number of carbonyl (C=O) groups is 1. The molecule has 174 valence electrons. The normalized spacial score (nSPS) is 9.68. The summed E-state index contributed by atoms with van der Waals surface area (Å²) in [5.74, 6) is -0.299. The fourth-order valence-electron chi connectivity index (χ4n) is 2.70. The molecule has 1 aromatic heterocycles. The van der Waals surface area contributed by atoms with Crippen LogP contribution in [0.5, 0.6) is 0 Å². The number of allylic oxidation sites excluding steroid dienone is 1. The summed E-state index contributed by atoms with van der Waals surface area (Å²) in [4.78, 5) is 16.3. The van der Waals surface area contributed by atoms with Gasteiger partial charge in [-0.15, -0.1) is 13.2 Å². The first-order valence-corrected chi connectivity index (χ1v) is 11.1. The number of hydrogen-bond acceptors (Lipinski definition) is 4. The van der Waals surface area contributed by atoms with Crippen LogP contribution in [0.15, 0.2) is 55.8 Å². The first-order valence-electron chi connectivity index (χ1n) is 11.1. The SMILES string of the molecule is C=CCC.C=CCCNC.CN(CCCCCCC(=O)NO)c1ccc2[nH]ccc2c1. The van der Waals surface area contributed by atoms with Crippen molar-refractivity contribution in [2.75, 3.05) is 32.1 Å². The van der Waals surface area contributed by atoms with E-state index < -0.39 is 0 Å². The summed E-state index contributed by atoms with van der Waals surface area (Å²) in [5.41, 5.74) is 4.04. The minimum absolute atomic E-state index is 0.299. The fraction of sp³-hybridized carbons (Fsp3) is 0.480. The van der Waals surface area contributed by atoms with E-state index in [4.69, 9.17) is 5.21 Å². The fourth-order valence-corrected chi connectivity index (χ4v) is 2.70. The zero-order valence-electron chi connectivity index (χ0n) is 19.6. The van der Waals surface area contributed by atoms with E-state index >= 15 is 0 Å². The average molecular weight is 431 g/mol. The maximum absolute atomic E-state index is 10.9. The number of amides is 1. The van der Waals surface area contributed by atoms with Gasteiger partial charge in [0, 0.05) is 42.8 Å². The quantitative estimate of drug-likeness (QED) is 0.157. The Hall–Kier alpha value is -2.57. The molecule has 1 aromatic carbocycles. The predicted octanol–water partition coefficient (Wildman–Crippen LogP) is 5.42. The molecule has 4 N–H and O–H groups in total. The minimum Gasteiger partial charge on any atom is -0.375 e. The van der Waals surface area contributed by atoms with Crippen molar-refractivity contribution in [3.63, 3.8) is 0 Å². The van der Waals surface area contributed by atoms with Crippen LogP contribution in [0.25, 0.3) is 10.9 Å². The number of hydrogen-bond donors (Lipinski definition) is 4. The smallest absolute Gasteiger partial charge is 0.243 e. The number of hydroxylamine groups is 1. The first kappa shape index (κ1) is 28.4. The Morgan fingerprint density at radius 3 is 2.45 bits per heavy atom. The molecule has 2 rings (SSSR count). The van der Waals surface area contributed by atoms with Gasteiger partial charge in [-0.25, -0.2) is 5.48 Å². The van der Waals surface area contributed by atoms with Crippen LogP contribution in [0.3, 0.4) is 0 Å². The third-order valence-electron chi connectivity index (χ3n) is 4.64. The molecule has 0 aliphatic carbocycles. The summed E-state index contributed by atoms with van der Waals surface area (Å²) in [6.45, 7) is 11.1. The van der Waals surface area contributed by atoms with E-state index in [1.807, 2.05) is 25.4 Å². The molecule has 0 saturated heterocycles. The largest absolute Gasteiger partial charge is 0.375 e. The highest BCUT2D eigenvalue weighted by Crippen LogP contribution is 2.20. The Morgan fingerprint density at radius 2 is 1.87 bits per heavy atom. The zero-order valence-corrected chi connectivity index (χ0v) is 19.6. The van der Waals surface area contributed by atoms with Crippen LogP contribution in [0.1, 0.15) is 51.9 Å². The van der Waals surface area contributed by atoms with E-state index in [0.717, 1.165) is 57.1 Å². The number of carbonyl (C=O) groups excluding carboxylic acids is 1. The molecule has 6 nitrogen and oxygen atoms in total. The second kappa shape index (κ2) is 19.4. The lowest BCUT2D eigenvalue weighted by atomic mass is 10.1. The van der Waals surface area contributed by atoms with Gasteiger partial charge < -0.3 is 15.2 Å². The predicted molar refractivity (Wildman–Crippen MR) is 134 cm³/mol. The Kier molecular flexibility index (Phi) is 17.8. The highest BCUT2D eigenvalue weighted by atomic mass is 16.5. The Balaban J connectivity index is 0.000000753. The van der Waals surface area contributed by atoms with Gasteiger partial charge in [0.15, 0.2) is 0 Å². The van der Waals surface area contributed by atoms with Gasteiger partial charge in [-0.05, 0) is 63.5 Å². The zero-order chi connectivity index (χ0) is 23.3. The topological polar surface area (TPSA) is 80.4 Å². The number of anilines is 1. The number of rotatable bonds is 12. The van der Waals surface area contributed by atoms with Gasteiger partial charge >= 0.3 is 0 Å². The molecule has 1 heterocycles. The van der Waals surface area contributed by atoms with Crippen LogP contribution in [-0.4, -0.2) is 43.3 Å². The summed E-state index contributed by atoms with van der Waals surface area (Å²) in [6.07, 6.45) is 12.3. The van der Waals surface area contributed by atoms with E-state index in [9.17, 15) is 4.79 Å². The highest BCUT2D eigenvalue weighted by Gasteiger charge is 2.03. The summed E-state index contributed by atoms with van der Waals surface area (Å²) < 4.78 is 0. The van der Waals surface area contributed by atoms with Crippen molar-refractivity contribution in [2.24, 2.45) is 0 Å². The molecule has 0 radical (unpaired) electrons. The van der Waals surface area contributed by atoms with E-state index in [2.05, 4.69) is 66.6 Å². The number of aromatic amines is 1. The highest BCUT2D eigenvalue weighted by molar-refractivity contribution is 5.83. The molecule has 0 bridgehead atoms. The van der Waals surface area contributed by atoms with Gasteiger partial charge in [-0.3, -0.25) is 10.0 Å². The third-order valence-corrected chi connectivity index (χ3v) is 4.64. The van der Waals surface area contributed by atoms with Gasteiger partial charge in [0.1, 0.15) is 0 Å². The lowest BCUT2D eigenvalue weighted by Crippen LogP contribution is -2.18. The van der Waals surface area contributed by atoms with Crippen LogP contribution in [-0.2, 0) is 4.79 Å². The molecular weight excluding hydrogens is 388 g/mol. The van der Waals surface area contributed by atoms with Crippen molar-refractivity contribution >= 4 is 22.5 Å². The monoisotopic (exact) mass is 430 g/mol. The van der Waals surface area contributed by atoms with Crippen molar-refractivity contribution in [1.82, 2.24) is 15.8 Å². The van der Waals surface area contributed by atoms with Crippen LogP contribution >= 0.6 is 0 Å². The molecule has 6 heteroatoms. The number of aromatic nitrogens is 1. The molecule has 0 aliphatic heterocycles. The standard InChI is InChI=1S/C16H23N3O2.C5H11N.C4H8/c1-19(11-5-3-2-4-6-16(20)18-21)14-7-8-15-13(12-14)9-10-17-15;1-3-4-5-6-2;1-3-4-2/h7-10,12,17,21H,2-6,11H2,1H3,(H,18,20);3,6H,1,4-5H2,2H3;3H,1,4H2,2H3. The summed E-state index contributed by atoms with van der Waals surface area (Å²) >= 11 is 0. The van der Waals surface area contributed by atoms with Gasteiger partial charge in [-0.1, -0.05) is 31.9 Å². The molecule has 0 spiro atoms. The average Bonchev–Trinajstić information content (AvgIpc) is 3.28. The molecule has 0 aliphatic rings. The van der Waals surface area contributed by atoms with E-state index in [1.54, 1.807) is 5.48 Å². The van der Waals surface area contributed by atoms with E-state index in [1.165, 1.54) is 11.1 Å². The number of benzene rings is 1. The maximum atomic E-state index is 10.9. The number of nitrogens with one attached hydrogen (secondary N) is 3. The van der Waals surface area contributed by atoms with Crippen LogP contribution in [0.2, 0.25) is 0 Å². The number of H-pyrrole nitrogens is 1. The molecule has 0 saturated carbocycles. The summed E-state index contributed by atoms with van der Waals surface area (Å²) in [7, 11) is 4.04. The van der Waals surface area contributed by atoms with Crippen LogP contribution < -0.4 is 15.7 Å². The minimum atomic E-state index is -0.299. The Morgan fingerprint density at radius 1 is 1.16 bits per heavy atom. The third kappa shape index (κ3) is 14.1. The number of nitrogens with zero attached hydrogens (tertiary/aromatic N) is 1. The molecule has 31 heavy (non-hydrogen) atoms. The maximum Gasteiger partial charge on any atom is 0.243 e. The molecule has 1 amide bonds. The lowest BCUT2D eigenvalue weighted by Gasteiger charge is -2.19. The second-order valence-corrected chi connectivity index (χ2v) is 7.25. The second-order valence-electron chi connectivity index (χ2n) is 7.25. The van der Waals surface area contributed by atoms with Crippen molar-refractivity contribution in [2.45, 2.75) is 51.9 Å². The Bertz CT molecular complexity index is 727. The van der Waals surface area contributed by atoms with Gasteiger partial charge in [0.2, 0.25) is 5.91 Å². The lowest BCUT2D eigenvalue weighted by molar-refractivity contribution is -0.129. The Labute approximate surface area is 188 Å².